The van der Waals surface area contributed by atoms with Crippen molar-refractivity contribution in [3.8, 4) is 0 Å². The van der Waals surface area contributed by atoms with Crippen LogP contribution in [-0.2, 0) is 0 Å². The number of nitrogens with two attached hydrogens (primary N) is 1. The summed E-state index contributed by atoms with van der Waals surface area (Å²) in [4.78, 5) is 8.20. The quantitative estimate of drug-likeness (QED) is 0.847. The van der Waals surface area contributed by atoms with Crippen molar-refractivity contribution in [1.82, 2.24) is 19.6 Å². The van der Waals surface area contributed by atoms with Crippen LogP contribution in [0.15, 0.2) is 6.07 Å². The van der Waals surface area contributed by atoms with Gasteiger partial charge >= 0.3 is 0 Å². The summed E-state index contributed by atoms with van der Waals surface area (Å²) in [5.41, 5.74) is 7.22. The molecule has 0 aromatic carbocycles. The fourth-order valence-corrected chi connectivity index (χ4v) is 1.37. The largest absolute Gasteiger partial charge is 0.368 e. The number of halogens is 1. The molecule has 0 saturated carbocycles. The average molecular weight is 243 g/mol. The lowest BCUT2D eigenvalue weighted by atomic mass is 10.5. The van der Waals surface area contributed by atoms with E-state index >= 15 is 0 Å². The van der Waals surface area contributed by atoms with Gasteiger partial charge in [0.1, 0.15) is 0 Å². The molecule has 3 N–H and O–H groups in total. The van der Waals surface area contributed by atoms with E-state index in [1.54, 1.807) is 4.52 Å². The monoisotopic (exact) mass is 242 g/mol. The second kappa shape index (κ2) is 4.98. The molecule has 0 aliphatic carbocycles. The fourth-order valence-electron chi connectivity index (χ4n) is 1.37. The number of rotatable bonds is 3. The van der Waals surface area contributed by atoms with E-state index in [1.165, 1.54) is 0 Å². The van der Waals surface area contributed by atoms with Gasteiger partial charge in [-0.1, -0.05) is 6.92 Å². The number of aromatic nitrogens is 4. The molecule has 6 nitrogen and oxygen atoms in total. The third-order valence-electron chi connectivity index (χ3n) is 2.00. The number of nitrogens with zero attached hydrogens (tertiary/aromatic N) is 4. The Bertz CT molecular complexity index is 480. The van der Waals surface area contributed by atoms with Crippen LogP contribution in [0.3, 0.4) is 0 Å². The number of hydrogen-bond donors (Lipinski definition) is 2. The van der Waals surface area contributed by atoms with Crippen molar-refractivity contribution in [2.75, 3.05) is 17.6 Å². The molecule has 16 heavy (non-hydrogen) atoms. The van der Waals surface area contributed by atoms with Crippen LogP contribution in [0.4, 0.5) is 11.9 Å². The molecule has 0 aliphatic rings. The molecule has 0 spiro atoms. The van der Waals surface area contributed by atoms with E-state index < -0.39 is 0 Å². The van der Waals surface area contributed by atoms with Gasteiger partial charge in [-0.25, -0.2) is 0 Å². The van der Waals surface area contributed by atoms with Crippen LogP contribution in [-0.4, -0.2) is 26.1 Å². The lowest BCUT2D eigenvalue weighted by molar-refractivity contribution is 0.859. The van der Waals surface area contributed by atoms with Crippen molar-refractivity contribution in [1.29, 1.82) is 0 Å². The smallest absolute Gasteiger partial charge is 0.229 e. The molecule has 0 atom stereocenters. The highest BCUT2D eigenvalue weighted by atomic mass is 35.5. The van der Waals surface area contributed by atoms with E-state index in [-0.39, 0.29) is 18.4 Å². The Morgan fingerprint density at radius 2 is 2.19 bits per heavy atom. The molecule has 0 radical (unpaired) electrons. The van der Waals surface area contributed by atoms with Crippen molar-refractivity contribution >= 4 is 30.0 Å². The van der Waals surface area contributed by atoms with E-state index in [1.807, 2.05) is 13.0 Å². The Kier molecular flexibility index (Phi) is 3.89. The van der Waals surface area contributed by atoms with Gasteiger partial charge in [-0.05, 0) is 13.3 Å². The maximum atomic E-state index is 5.60. The molecule has 88 valence electrons. The minimum absolute atomic E-state index is 0. The van der Waals surface area contributed by atoms with Gasteiger partial charge in [0.25, 0.3) is 0 Å². The molecule has 0 saturated heterocycles. The average Bonchev–Trinajstić information content (AvgIpc) is 2.54. The SMILES string of the molecule is CCCNc1nc(N)nc2cc(C)nn12.Cl. The first-order valence-electron chi connectivity index (χ1n) is 4.94. The van der Waals surface area contributed by atoms with E-state index in [0.29, 0.717) is 5.95 Å². The molecule has 0 fully saturated rings. The number of nitrogens with one attached hydrogen (secondary N) is 1. The molecule has 2 aromatic rings. The Morgan fingerprint density at radius 1 is 1.44 bits per heavy atom. The van der Waals surface area contributed by atoms with Crippen LogP contribution in [0.25, 0.3) is 5.65 Å². The zero-order valence-electron chi connectivity index (χ0n) is 9.27. The van der Waals surface area contributed by atoms with Gasteiger partial charge in [0.05, 0.1) is 5.69 Å². The highest BCUT2D eigenvalue weighted by Gasteiger charge is 2.06. The van der Waals surface area contributed by atoms with Crippen molar-refractivity contribution < 1.29 is 0 Å². The number of hydrogen-bond acceptors (Lipinski definition) is 5. The minimum atomic E-state index is 0. The maximum absolute atomic E-state index is 5.60. The van der Waals surface area contributed by atoms with E-state index in [9.17, 15) is 0 Å². The standard InChI is InChI=1S/C9H14N6.ClH/c1-3-4-11-9-13-8(10)12-7-5-6(2)14-15(7)9;/h5H,3-4H2,1-2H3,(H3,10,11,12,13);1H. The second-order valence-electron chi connectivity index (χ2n) is 3.39. The number of aryl methyl sites for hydroxylation is 1. The third kappa shape index (κ3) is 2.33. The van der Waals surface area contributed by atoms with Gasteiger partial charge in [-0.15, -0.1) is 12.4 Å². The van der Waals surface area contributed by atoms with Crippen LogP contribution in [0.2, 0.25) is 0 Å². The first kappa shape index (κ1) is 12.5. The van der Waals surface area contributed by atoms with Crippen LogP contribution < -0.4 is 11.1 Å². The van der Waals surface area contributed by atoms with E-state index in [0.717, 1.165) is 24.3 Å². The lowest BCUT2D eigenvalue weighted by Crippen LogP contribution is -2.11. The summed E-state index contributed by atoms with van der Waals surface area (Å²) in [6.07, 6.45) is 1.02. The van der Waals surface area contributed by atoms with Gasteiger partial charge in [-0.2, -0.15) is 19.6 Å². The zero-order chi connectivity index (χ0) is 10.8. The van der Waals surface area contributed by atoms with Gasteiger partial charge in [0.15, 0.2) is 5.65 Å². The molecule has 0 bridgehead atoms. The summed E-state index contributed by atoms with van der Waals surface area (Å²) in [6.45, 7) is 4.84. The fraction of sp³-hybridized carbons (Fsp3) is 0.444. The molecule has 2 aromatic heterocycles. The summed E-state index contributed by atoms with van der Waals surface area (Å²) in [5.74, 6) is 0.911. The summed E-state index contributed by atoms with van der Waals surface area (Å²) in [6, 6.07) is 1.87. The van der Waals surface area contributed by atoms with Crippen molar-refractivity contribution in [3.05, 3.63) is 11.8 Å². The lowest BCUT2D eigenvalue weighted by Gasteiger charge is -2.05. The van der Waals surface area contributed by atoms with Gasteiger partial charge in [0.2, 0.25) is 11.9 Å². The first-order chi connectivity index (χ1) is 7.20. The Labute approximate surface area is 99.7 Å². The van der Waals surface area contributed by atoms with Gasteiger partial charge in [0, 0.05) is 12.6 Å². The molecular weight excluding hydrogens is 228 g/mol. The summed E-state index contributed by atoms with van der Waals surface area (Å²) >= 11 is 0. The second-order valence-corrected chi connectivity index (χ2v) is 3.39. The molecule has 0 aliphatic heterocycles. The van der Waals surface area contributed by atoms with E-state index in [4.69, 9.17) is 5.73 Å². The molecule has 2 heterocycles. The van der Waals surface area contributed by atoms with Crippen molar-refractivity contribution in [2.24, 2.45) is 0 Å². The number of fused-ring (bicyclic) bond motifs is 1. The highest BCUT2D eigenvalue weighted by Crippen LogP contribution is 2.10. The van der Waals surface area contributed by atoms with Gasteiger partial charge < -0.3 is 11.1 Å². The van der Waals surface area contributed by atoms with E-state index in [2.05, 4.69) is 27.3 Å². The number of nitrogen functional groups attached to an aromatic ring is 1. The van der Waals surface area contributed by atoms with Crippen LogP contribution in [0.1, 0.15) is 19.0 Å². The molecule has 0 unspecified atom stereocenters. The summed E-state index contributed by atoms with van der Waals surface area (Å²) in [5, 5.41) is 7.44. The van der Waals surface area contributed by atoms with Crippen molar-refractivity contribution in [2.45, 2.75) is 20.3 Å². The Morgan fingerprint density at radius 3 is 2.88 bits per heavy atom. The first-order valence-corrected chi connectivity index (χ1v) is 4.94. The molecule has 0 amide bonds. The van der Waals surface area contributed by atoms with Crippen molar-refractivity contribution in [3.63, 3.8) is 0 Å². The predicted molar refractivity (Wildman–Crippen MR) is 66.0 cm³/mol. The topological polar surface area (TPSA) is 81.1 Å². The number of anilines is 2. The Hall–Kier alpha value is -1.56. The zero-order valence-corrected chi connectivity index (χ0v) is 10.1. The van der Waals surface area contributed by atoms with Crippen LogP contribution >= 0.6 is 12.4 Å². The summed E-state index contributed by atoms with van der Waals surface area (Å²) in [7, 11) is 0. The molecular formula is C9H15ClN6. The minimum Gasteiger partial charge on any atom is -0.368 e. The maximum Gasteiger partial charge on any atom is 0.229 e. The Balaban J connectivity index is 0.00000128. The highest BCUT2D eigenvalue weighted by molar-refractivity contribution is 5.85. The summed E-state index contributed by atoms with van der Waals surface area (Å²) < 4.78 is 1.67. The molecule has 2 rings (SSSR count). The molecule has 7 heteroatoms. The predicted octanol–water partition coefficient (Wildman–Crippen LogP) is 1.26. The normalized spacial score (nSPS) is 10.1. The van der Waals surface area contributed by atoms with Crippen LogP contribution in [0, 0.1) is 6.92 Å². The third-order valence-corrected chi connectivity index (χ3v) is 2.00. The van der Waals surface area contributed by atoms with Gasteiger partial charge in [-0.3, -0.25) is 0 Å². The van der Waals surface area contributed by atoms with Crippen LogP contribution in [0.5, 0.6) is 0 Å².